The molecule has 0 saturated heterocycles. The van der Waals surface area contributed by atoms with Crippen molar-refractivity contribution in [1.29, 1.82) is 0 Å². The van der Waals surface area contributed by atoms with Gasteiger partial charge in [0.05, 0.1) is 5.56 Å². The molecule has 19 heavy (non-hydrogen) atoms. The fourth-order valence-corrected chi connectivity index (χ4v) is 1.30. The van der Waals surface area contributed by atoms with Crippen molar-refractivity contribution in [1.82, 2.24) is 0 Å². The fourth-order valence-electron chi connectivity index (χ4n) is 1.30. The Morgan fingerprint density at radius 1 is 1.26 bits per heavy atom. The van der Waals surface area contributed by atoms with Crippen LogP contribution < -0.4 is 0 Å². The predicted octanol–water partition coefficient (Wildman–Crippen LogP) is 2.23. The van der Waals surface area contributed by atoms with Crippen LogP contribution in [0.25, 0.3) is 0 Å². The quantitative estimate of drug-likeness (QED) is 0.646. The summed E-state index contributed by atoms with van der Waals surface area (Å²) < 4.78 is 4.84. The standard InChI is InChI=1S/C12H16O3.C2H4O2/c1-3-9-7-5-6-8-10(9)12(14)15-11(13)4-2;1-2(3)4/h5-8,11,13H,3-4H2,1-2H3;1H3,(H,3,4). The highest BCUT2D eigenvalue weighted by Gasteiger charge is 2.14. The first-order chi connectivity index (χ1) is 8.92. The molecule has 0 aliphatic carbocycles. The second-order valence-electron chi connectivity index (χ2n) is 3.80. The van der Waals surface area contributed by atoms with Crippen molar-refractivity contribution in [3.8, 4) is 0 Å². The number of aliphatic hydroxyl groups is 1. The first kappa shape index (κ1) is 17.1. The molecule has 0 aliphatic heterocycles. The number of carboxylic acids is 1. The van der Waals surface area contributed by atoms with E-state index in [1.807, 2.05) is 19.1 Å². The van der Waals surface area contributed by atoms with Crippen molar-refractivity contribution >= 4 is 11.9 Å². The molecule has 5 nitrogen and oxygen atoms in total. The van der Waals surface area contributed by atoms with Gasteiger partial charge in [-0.1, -0.05) is 32.0 Å². The van der Waals surface area contributed by atoms with Crippen molar-refractivity contribution in [3.05, 3.63) is 35.4 Å². The fraction of sp³-hybridized carbons (Fsp3) is 0.429. The summed E-state index contributed by atoms with van der Waals surface area (Å²) in [5.74, 6) is -1.29. The Morgan fingerprint density at radius 2 is 1.79 bits per heavy atom. The molecular weight excluding hydrogens is 248 g/mol. The summed E-state index contributed by atoms with van der Waals surface area (Å²) in [4.78, 5) is 20.6. The van der Waals surface area contributed by atoms with Gasteiger partial charge in [-0.3, -0.25) is 4.79 Å². The topological polar surface area (TPSA) is 83.8 Å². The van der Waals surface area contributed by atoms with E-state index in [-0.39, 0.29) is 0 Å². The second kappa shape index (κ2) is 9.10. The first-order valence-electron chi connectivity index (χ1n) is 6.08. The van der Waals surface area contributed by atoms with E-state index in [0.29, 0.717) is 12.0 Å². The maximum absolute atomic E-state index is 11.6. The van der Waals surface area contributed by atoms with Crippen LogP contribution in [-0.2, 0) is 16.0 Å². The molecule has 0 fully saturated rings. The molecule has 1 aromatic rings. The summed E-state index contributed by atoms with van der Waals surface area (Å²) in [5.41, 5.74) is 1.47. The van der Waals surface area contributed by atoms with Crippen molar-refractivity contribution in [2.75, 3.05) is 0 Å². The first-order valence-corrected chi connectivity index (χ1v) is 6.08. The number of hydrogen-bond acceptors (Lipinski definition) is 4. The number of esters is 1. The Labute approximate surface area is 112 Å². The van der Waals surface area contributed by atoms with Crippen LogP contribution in [0.5, 0.6) is 0 Å². The summed E-state index contributed by atoms with van der Waals surface area (Å²) in [6.45, 7) is 4.81. The van der Waals surface area contributed by atoms with E-state index < -0.39 is 18.2 Å². The molecule has 5 heteroatoms. The van der Waals surface area contributed by atoms with Crippen LogP contribution in [0.2, 0.25) is 0 Å². The van der Waals surface area contributed by atoms with Crippen LogP contribution >= 0.6 is 0 Å². The number of carbonyl (C=O) groups excluding carboxylic acids is 1. The van der Waals surface area contributed by atoms with Crippen LogP contribution in [-0.4, -0.2) is 28.4 Å². The molecule has 1 aromatic carbocycles. The van der Waals surface area contributed by atoms with Crippen molar-refractivity contribution in [2.45, 2.75) is 39.9 Å². The lowest BCUT2D eigenvalue weighted by molar-refractivity contribution is -0.134. The van der Waals surface area contributed by atoms with Crippen molar-refractivity contribution in [2.24, 2.45) is 0 Å². The van der Waals surface area contributed by atoms with Gasteiger partial charge in [0.15, 0.2) is 0 Å². The highest BCUT2D eigenvalue weighted by atomic mass is 16.6. The van der Waals surface area contributed by atoms with E-state index in [1.165, 1.54) is 0 Å². The number of benzene rings is 1. The van der Waals surface area contributed by atoms with Crippen LogP contribution in [0.3, 0.4) is 0 Å². The van der Waals surface area contributed by atoms with Gasteiger partial charge in [0.1, 0.15) is 0 Å². The molecule has 0 aliphatic rings. The Bertz CT molecular complexity index is 410. The lowest BCUT2D eigenvalue weighted by Gasteiger charge is -2.11. The van der Waals surface area contributed by atoms with E-state index in [1.54, 1.807) is 19.1 Å². The van der Waals surface area contributed by atoms with Gasteiger partial charge >= 0.3 is 5.97 Å². The zero-order chi connectivity index (χ0) is 14.8. The number of aliphatic hydroxyl groups excluding tert-OH is 1. The Morgan fingerprint density at radius 3 is 2.26 bits per heavy atom. The molecule has 0 amide bonds. The van der Waals surface area contributed by atoms with Crippen molar-refractivity contribution < 1.29 is 24.5 Å². The van der Waals surface area contributed by atoms with Gasteiger partial charge in [0.2, 0.25) is 6.29 Å². The summed E-state index contributed by atoms with van der Waals surface area (Å²) in [7, 11) is 0. The molecule has 0 spiro atoms. The molecular formula is C14H20O5. The zero-order valence-corrected chi connectivity index (χ0v) is 11.4. The minimum Gasteiger partial charge on any atom is -0.481 e. The summed E-state index contributed by atoms with van der Waals surface area (Å²) in [6, 6.07) is 7.26. The largest absolute Gasteiger partial charge is 0.481 e. The second-order valence-corrected chi connectivity index (χ2v) is 3.80. The average Bonchev–Trinajstić information content (AvgIpc) is 2.37. The Hall–Kier alpha value is -1.88. The SMILES string of the molecule is CC(=O)O.CCc1ccccc1C(=O)OC(O)CC. The summed E-state index contributed by atoms with van der Waals surface area (Å²) >= 11 is 0. The van der Waals surface area contributed by atoms with Crippen LogP contribution in [0.4, 0.5) is 0 Å². The number of carboxylic acid groups (broad SMARTS) is 1. The van der Waals surface area contributed by atoms with Gasteiger partial charge < -0.3 is 14.9 Å². The van der Waals surface area contributed by atoms with Crippen LogP contribution in [0.1, 0.15) is 43.1 Å². The van der Waals surface area contributed by atoms with Gasteiger partial charge in [-0.2, -0.15) is 0 Å². The van der Waals surface area contributed by atoms with Gasteiger partial charge in [0.25, 0.3) is 5.97 Å². The number of aryl methyl sites for hydroxylation is 1. The predicted molar refractivity (Wildman–Crippen MR) is 70.8 cm³/mol. The van der Waals surface area contributed by atoms with E-state index >= 15 is 0 Å². The van der Waals surface area contributed by atoms with Gasteiger partial charge in [-0.25, -0.2) is 4.79 Å². The maximum atomic E-state index is 11.6. The number of carbonyl (C=O) groups is 2. The van der Waals surface area contributed by atoms with Crippen LogP contribution in [0.15, 0.2) is 24.3 Å². The smallest absolute Gasteiger partial charge is 0.340 e. The van der Waals surface area contributed by atoms with Crippen molar-refractivity contribution in [3.63, 3.8) is 0 Å². The highest BCUT2D eigenvalue weighted by Crippen LogP contribution is 2.12. The third-order valence-corrected chi connectivity index (χ3v) is 2.21. The third-order valence-electron chi connectivity index (χ3n) is 2.21. The van der Waals surface area contributed by atoms with E-state index in [9.17, 15) is 9.90 Å². The third kappa shape index (κ3) is 7.21. The number of aliphatic carboxylic acids is 1. The monoisotopic (exact) mass is 268 g/mol. The lowest BCUT2D eigenvalue weighted by atomic mass is 10.1. The molecule has 106 valence electrons. The van der Waals surface area contributed by atoms with Gasteiger partial charge in [-0.05, 0) is 18.1 Å². The molecule has 1 atom stereocenters. The Balaban J connectivity index is 0.000000711. The number of rotatable bonds is 4. The van der Waals surface area contributed by atoms with Crippen LogP contribution in [0, 0.1) is 0 Å². The van der Waals surface area contributed by atoms with Gasteiger partial charge in [-0.15, -0.1) is 0 Å². The summed E-state index contributed by atoms with van der Waals surface area (Å²) in [6.07, 6.45) is 0.162. The number of ether oxygens (including phenoxy) is 1. The number of hydrogen-bond donors (Lipinski definition) is 2. The molecule has 0 radical (unpaired) electrons. The van der Waals surface area contributed by atoms with E-state index in [0.717, 1.165) is 18.9 Å². The molecule has 0 bridgehead atoms. The summed E-state index contributed by atoms with van der Waals surface area (Å²) in [5, 5.41) is 16.6. The Kier molecular flexibility index (Phi) is 8.20. The molecule has 2 N–H and O–H groups in total. The molecule has 0 aromatic heterocycles. The molecule has 0 saturated carbocycles. The highest BCUT2D eigenvalue weighted by molar-refractivity contribution is 5.91. The minimum atomic E-state index is -1.01. The van der Waals surface area contributed by atoms with E-state index in [4.69, 9.17) is 14.6 Å². The maximum Gasteiger partial charge on any atom is 0.340 e. The molecule has 0 heterocycles. The minimum absolute atomic E-state index is 0.403. The van der Waals surface area contributed by atoms with E-state index in [2.05, 4.69) is 0 Å². The lowest BCUT2D eigenvalue weighted by Crippen LogP contribution is -2.17. The average molecular weight is 268 g/mol. The normalized spacial score (nSPS) is 10.9. The molecule has 1 unspecified atom stereocenters. The zero-order valence-electron chi connectivity index (χ0n) is 11.4. The molecule has 1 rings (SSSR count). The van der Waals surface area contributed by atoms with Gasteiger partial charge in [0, 0.05) is 13.3 Å².